The highest BCUT2D eigenvalue weighted by Crippen LogP contribution is 2.36. The fourth-order valence-corrected chi connectivity index (χ4v) is 4.27. The number of piperidine rings is 1. The Bertz CT molecular complexity index is 675. The van der Waals surface area contributed by atoms with Gasteiger partial charge >= 0.3 is 6.09 Å². The molecule has 29 heavy (non-hydrogen) atoms. The summed E-state index contributed by atoms with van der Waals surface area (Å²) in [6.07, 6.45) is 4.71. The van der Waals surface area contributed by atoms with E-state index in [-0.39, 0.29) is 36.6 Å². The van der Waals surface area contributed by atoms with Crippen LogP contribution in [0, 0.1) is 0 Å². The molecule has 2 rings (SSSR count). The lowest BCUT2D eigenvalue weighted by Crippen LogP contribution is -2.55. The monoisotopic (exact) mass is 432 g/mol. The summed E-state index contributed by atoms with van der Waals surface area (Å²) in [6.45, 7) is 6.80. The Balaban J connectivity index is 1.75. The van der Waals surface area contributed by atoms with Crippen LogP contribution in [0.15, 0.2) is 4.99 Å². The van der Waals surface area contributed by atoms with Crippen LogP contribution in [0.5, 0.6) is 0 Å². The molecule has 0 radical (unpaired) electrons. The van der Waals surface area contributed by atoms with Gasteiger partial charge in [-0.05, 0) is 46.5 Å². The molecule has 0 spiro atoms. The third-order valence-corrected chi connectivity index (χ3v) is 5.95. The van der Waals surface area contributed by atoms with Crippen molar-refractivity contribution in [1.29, 1.82) is 0 Å². The third-order valence-electron chi connectivity index (χ3n) is 5.04. The van der Waals surface area contributed by atoms with Crippen molar-refractivity contribution in [3.05, 3.63) is 0 Å². The fourth-order valence-electron chi connectivity index (χ4n) is 3.85. The molecule has 0 aromatic rings. The summed E-state index contributed by atoms with van der Waals surface area (Å²) in [4.78, 5) is 18.7. The van der Waals surface area contributed by atoms with Gasteiger partial charge in [-0.3, -0.25) is 4.99 Å². The predicted molar refractivity (Wildman–Crippen MR) is 113 cm³/mol. The number of ether oxygens (including phenoxy) is 2. The van der Waals surface area contributed by atoms with Gasteiger partial charge in [-0.15, -0.1) is 0 Å². The first kappa shape index (κ1) is 23.7. The summed E-state index contributed by atoms with van der Waals surface area (Å²) >= 11 is 0. The number of carbonyl (C=O) groups is 1. The molecule has 10 heteroatoms. The molecular formula is C19H36N4O5S. The number of rotatable bonds is 7. The Kier molecular flexibility index (Phi) is 8.16. The molecule has 2 fully saturated rings. The standard InChI is InChI=1S/C19H36N4O5S/c1-19(2,3)28-18(24)23-15-6-7-16(23)13-14(12-15)22-17(20-4)21-8-9-27-10-11-29(5,25)26/h14-16H,6-13H2,1-5H3,(H2,20,21,22). The van der Waals surface area contributed by atoms with Crippen LogP contribution in [0.25, 0.3) is 0 Å². The molecule has 0 aliphatic carbocycles. The van der Waals surface area contributed by atoms with Gasteiger partial charge < -0.3 is 25.0 Å². The van der Waals surface area contributed by atoms with Crippen molar-refractivity contribution in [1.82, 2.24) is 15.5 Å². The highest BCUT2D eigenvalue weighted by Gasteiger charge is 2.45. The molecule has 0 aromatic carbocycles. The van der Waals surface area contributed by atoms with E-state index in [4.69, 9.17) is 9.47 Å². The van der Waals surface area contributed by atoms with Crippen LogP contribution in [0.3, 0.4) is 0 Å². The van der Waals surface area contributed by atoms with E-state index < -0.39 is 15.4 Å². The first-order chi connectivity index (χ1) is 13.5. The second kappa shape index (κ2) is 9.97. The largest absolute Gasteiger partial charge is 0.444 e. The van der Waals surface area contributed by atoms with Gasteiger partial charge in [-0.1, -0.05) is 0 Å². The molecule has 2 aliphatic heterocycles. The quantitative estimate of drug-likeness (QED) is 0.353. The maximum Gasteiger partial charge on any atom is 0.410 e. The lowest BCUT2D eigenvalue weighted by molar-refractivity contribution is 0.00544. The highest BCUT2D eigenvalue weighted by atomic mass is 32.2. The van der Waals surface area contributed by atoms with E-state index in [2.05, 4.69) is 15.6 Å². The lowest BCUT2D eigenvalue weighted by atomic mass is 9.98. The van der Waals surface area contributed by atoms with Crippen molar-refractivity contribution >= 4 is 21.9 Å². The first-order valence-corrected chi connectivity index (χ1v) is 12.3. The number of sulfone groups is 1. The van der Waals surface area contributed by atoms with Crippen molar-refractivity contribution in [3.8, 4) is 0 Å². The summed E-state index contributed by atoms with van der Waals surface area (Å²) in [5, 5.41) is 6.63. The summed E-state index contributed by atoms with van der Waals surface area (Å²) < 4.78 is 33.1. The zero-order valence-corrected chi connectivity index (χ0v) is 19.0. The van der Waals surface area contributed by atoms with Crippen LogP contribution in [0.2, 0.25) is 0 Å². The SMILES string of the molecule is CN=C(NCCOCCS(C)(=O)=O)NC1CC2CCC(C1)N2C(=O)OC(C)(C)C. The van der Waals surface area contributed by atoms with Gasteiger partial charge in [0.25, 0.3) is 0 Å². The average Bonchev–Trinajstić information content (AvgIpc) is 2.85. The molecule has 2 saturated heterocycles. The molecule has 0 aromatic heterocycles. The summed E-state index contributed by atoms with van der Waals surface area (Å²) in [5.74, 6) is 0.714. The minimum Gasteiger partial charge on any atom is -0.444 e. The van der Waals surface area contributed by atoms with Crippen LogP contribution in [0.4, 0.5) is 4.79 Å². The maximum atomic E-state index is 12.5. The van der Waals surface area contributed by atoms with Gasteiger partial charge in [-0.2, -0.15) is 0 Å². The van der Waals surface area contributed by atoms with E-state index in [9.17, 15) is 13.2 Å². The fraction of sp³-hybridized carbons (Fsp3) is 0.895. The van der Waals surface area contributed by atoms with E-state index in [0.717, 1.165) is 25.7 Å². The third kappa shape index (κ3) is 8.00. The van der Waals surface area contributed by atoms with Crippen LogP contribution in [-0.4, -0.2) is 87.9 Å². The van der Waals surface area contributed by atoms with E-state index in [1.165, 1.54) is 6.26 Å². The van der Waals surface area contributed by atoms with Gasteiger partial charge in [-0.25, -0.2) is 13.2 Å². The molecule has 2 aliphatic rings. The van der Waals surface area contributed by atoms with Crippen LogP contribution >= 0.6 is 0 Å². The van der Waals surface area contributed by atoms with Gasteiger partial charge in [0, 0.05) is 38.0 Å². The molecule has 2 N–H and O–H groups in total. The van der Waals surface area contributed by atoms with Gasteiger partial charge in [0.1, 0.15) is 15.4 Å². The van der Waals surface area contributed by atoms with E-state index >= 15 is 0 Å². The average molecular weight is 433 g/mol. The van der Waals surface area contributed by atoms with Crippen molar-refractivity contribution in [2.24, 2.45) is 4.99 Å². The molecule has 2 heterocycles. The van der Waals surface area contributed by atoms with E-state index in [1.807, 2.05) is 25.7 Å². The number of guanidine groups is 1. The van der Waals surface area contributed by atoms with Crippen molar-refractivity contribution in [2.45, 2.75) is 70.2 Å². The number of carbonyl (C=O) groups excluding carboxylic acids is 1. The number of amides is 1. The van der Waals surface area contributed by atoms with Gasteiger partial charge in [0.2, 0.25) is 0 Å². The number of aliphatic imine (C=N–C) groups is 1. The number of nitrogens with zero attached hydrogens (tertiary/aromatic N) is 2. The zero-order chi connectivity index (χ0) is 21.7. The van der Waals surface area contributed by atoms with Crippen LogP contribution in [0.1, 0.15) is 46.5 Å². The molecule has 2 atom stereocenters. The highest BCUT2D eigenvalue weighted by molar-refractivity contribution is 7.90. The molecule has 168 valence electrons. The topological polar surface area (TPSA) is 109 Å². The van der Waals surface area contributed by atoms with Gasteiger partial charge in [0.15, 0.2) is 5.96 Å². The Morgan fingerprint density at radius 2 is 1.79 bits per heavy atom. The van der Waals surface area contributed by atoms with E-state index in [0.29, 0.717) is 19.1 Å². The minimum absolute atomic E-state index is 0.0268. The van der Waals surface area contributed by atoms with Gasteiger partial charge in [0.05, 0.1) is 19.0 Å². The Morgan fingerprint density at radius 1 is 1.17 bits per heavy atom. The molecule has 1 amide bonds. The predicted octanol–water partition coefficient (Wildman–Crippen LogP) is 1.14. The number of hydrogen-bond acceptors (Lipinski definition) is 6. The Labute approximate surface area is 174 Å². The number of hydrogen-bond donors (Lipinski definition) is 2. The Hall–Kier alpha value is -1.55. The van der Waals surface area contributed by atoms with Crippen molar-refractivity contribution in [2.75, 3.05) is 38.8 Å². The summed E-state index contributed by atoms with van der Waals surface area (Å²) in [5.41, 5.74) is -0.485. The summed E-state index contributed by atoms with van der Waals surface area (Å²) in [6, 6.07) is 0.626. The normalized spacial score (nSPS) is 25.1. The van der Waals surface area contributed by atoms with Crippen LogP contribution < -0.4 is 10.6 Å². The molecular weight excluding hydrogens is 396 g/mol. The maximum absolute atomic E-state index is 12.5. The number of nitrogens with one attached hydrogen (secondary N) is 2. The molecule has 2 bridgehead atoms. The van der Waals surface area contributed by atoms with Crippen molar-refractivity contribution < 1.29 is 22.7 Å². The minimum atomic E-state index is -3.00. The second-order valence-corrected chi connectivity index (χ2v) is 11.1. The lowest BCUT2D eigenvalue weighted by Gasteiger charge is -2.40. The zero-order valence-electron chi connectivity index (χ0n) is 18.2. The van der Waals surface area contributed by atoms with Crippen LogP contribution in [-0.2, 0) is 19.3 Å². The molecule has 0 saturated carbocycles. The van der Waals surface area contributed by atoms with Crippen molar-refractivity contribution in [3.63, 3.8) is 0 Å². The smallest absolute Gasteiger partial charge is 0.410 e. The first-order valence-electron chi connectivity index (χ1n) is 10.2. The Morgan fingerprint density at radius 3 is 2.31 bits per heavy atom. The number of fused-ring (bicyclic) bond motifs is 2. The molecule has 9 nitrogen and oxygen atoms in total. The molecule has 2 unspecified atom stereocenters. The second-order valence-electron chi connectivity index (χ2n) is 8.83. The summed E-state index contributed by atoms with van der Waals surface area (Å²) in [7, 11) is -1.28. The van der Waals surface area contributed by atoms with E-state index in [1.54, 1.807) is 7.05 Å².